The molecule has 1 nitrogen and oxygen atoms in total. The van der Waals surface area contributed by atoms with E-state index in [-0.39, 0.29) is 0 Å². The first-order chi connectivity index (χ1) is 9.69. The minimum atomic E-state index is 0.428. The maximum absolute atomic E-state index is 6.55. The fraction of sp³-hybridized carbons (Fsp3) is 0.667. The first-order valence-electron chi connectivity index (χ1n) is 8.17. The molecule has 1 aromatic rings. The highest BCUT2D eigenvalue weighted by Gasteiger charge is 2.40. The largest absolute Gasteiger partial charge is 0.310 e. The molecule has 0 saturated heterocycles. The molecular formula is C18H26ClN. The molecule has 0 spiro atoms. The molecule has 2 fully saturated rings. The zero-order valence-electron chi connectivity index (χ0n) is 12.7. The second-order valence-corrected chi connectivity index (χ2v) is 7.14. The van der Waals surface area contributed by atoms with Gasteiger partial charge in [-0.3, -0.25) is 0 Å². The topological polar surface area (TPSA) is 12.0 Å². The lowest BCUT2D eigenvalue weighted by molar-refractivity contribution is 0.280. The Hall–Kier alpha value is -0.530. The SMILES string of the molecule is CCNC(CC1CC2CCC1C2)c1cccc(C)c1Cl. The van der Waals surface area contributed by atoms with Crippen molar-refractivity contribution >= 4 is 11.6 Å². The molecule has 110 valence electrons. The Morgan fingerprint density at radius 1 is 1.30 bits per heavy atom. The summed E-state index contributed by atoms with van der Waals surface area (Å²) in [6.45, 7) is 5.31. The smallest absolute Gasteiger partial charge is 0.0482 e. The third kappa shape index (κ3) is 2.76. The van der Waals surface area contributed by atoms with Gasteiger partial charge in [-0.2, -0.15) is 0 Å². The minimum absolute atomic E-state index is 0.428. The molecule has 2 heteroatoms. The molecule has 4 unspecified atom stereocenters. The molecule has 0 radical (unpaired) electrons. The Morgan fingerprint density at radius 3 is 2.80 bits per heavy atom. The third-order valence-electron chi connectivity index (χ3n) is 5.47. The van der Waals surface area contributed by atoms with Crippen molar-refractivity contribution in [3.8, 4) is 0 Å². The zero-order chi connectivity index (χ0) is 14.1. The molecule has 1 N–H and O–H groups in total. The average Bonchev–Trinajstić information content (AvgIpc) is 3.04. The summed E-state index contributed by atoms with van der Waals surface area (Å²) in [7, 11) is 0. The molecule has 2 bridgehead atoms. The van der Waals surface area contributed by atoms with Gasteiger partial charge in [0.2, 0.25) is 0 Å². The van der Waals surface area contributed by atoms with Crippen LogP contribution in [-0.4, -0.2) is 6.54 Å². The number of fused-ring (bicyclic) bond motifs is 2. The Kier molecular flexibility index (Phi) is 4.37. The van der Waals surface area contributed by atoms with Gasteiger partial charge in [0, 0.05) is 11.1 Å². The summed E-state index contributed by atoms with van der Waals surface area (Å²) in [6, 6.07) is 6.88. The number of nitrogens with one attached hydrogen (secondary N) is 1. The Bertz CT molecular complexity index is 470. The lowest BCUT2D eigenvalue weighted by Gasteiger charge is -2.28. The maximum atomic E-state index is 6.55. The van der Waals surface area contributed by atoms with Crippen LogP contribution in [0.5, 0.6) is 0 Å². The summed E-state index contributed by atoms with van der Waals surface area (Å²) in [5.74, 6) is 2.93. The summed E-state index contributed by atoms with van der Waals surface area (Å²) < 4.78 is 0. The number of halogens is 1. The maximum Gasteiger partial charge on any atom is 0.0482 e. The van der Waals surface area contributed by atoms with Gasteiger partial charge in [0.25, 0.3) is 0 Å². The van der Waals surface area contributed by atoms with Crippen LogP contribution in [-0.2, 0) is 0 Å². The van der Waals surface area contributed by atoms with Crippen molar-refractivity contribution in [1.82, 2.24) is 5.32 Å². The zero-order valence-corrected chi connectivity index (χ0v) is 13.4. The van der Waals surface area contributed by atoms with Crippen LogP contribution < -0.4 is 5.32 Å². The molecular weight excluding hydrogens is 266 g/mol. The molecule has 0 aliphatic heterocycles. The number of rotatable bonds is 5. The molecule has 0 aromatic heterocycles. The van der Waals surface area contributed by atoms with Crippen LogP contribution in [0.2, 0.25) is 5.02 Å². The van der Waals surface area contributed by atoms with Crippen molar-refractivity contribution in [3.63, 3.8) is 0 Å². The number of hydrogen-bond acceptors (Lipinski definition) is 1. The predicted octanol–water partition coefficient (Wildman–Crippen LogP) is 5.13. The van der Waals surface area contributed by atoms with Crippen LogP contribution >= 0.6 is 11.6 Å². The van der Waals surface area contributed by atoms with Crippen molar-refractivity contribution in [3.05, 3.63) is 34.3 Å². The van der Waals surface area contributed by atoms with Gasteiger partial charge in [-0.25, -0.2) is 0 Å². The molecule has 4 atom stereocenters. The van der Waals surface area contributed by atoms with Crippen LogP contribution in [0.25, 0.3) is 0 Å². The second-order valence-electron chi connectivity index (χ2n) is 6.76. The summed E-state index contributed by atoms with van der Waals surface area (Å²) in [5, 5.41) is 4.63. The van der Waals surface area contributed by atoms with E-state index in [2.05, 4.69) is 37.4 Å². The monoisotopic (exact) mass is 291 g/mol. The number of aryl methyl sites for hydroxylation is 1. The first kappa shape index (κ1) is 14.4. The molecule has 3 rings (SSSR count). The quantitative estimate of drug-likeness (QED) is 0.793. The Labute approximate surface area is 128 Å². The van der Waals surface area contributed by atoms with Crippen molar-refractivity contribution in [1.29, 1.82) is 0 Å². The van der Waals surface area contributed by atoms with Crippen molar-refractivity contribution < 1.29 is 0 Å². The van der Waals surface area contributed by atoms with Gasteiger partial charge in [-0.15, -0.1) is 0 Å². The molecule has 0 amide bonds. The van der Waals surface area contributed by atoms with Gasteiger partial charge in [0.1, 0.15) is 0 Å². The number of benzene rings is 1. The standard InChI is InChI=1S/C18H26ClN/c1-3-20-17(16-6-4-5-12(2)18(16)19)11-15-10-13-7-8-14(15)9-13/h4-6,13-15,17,20H,3,7-11H2,1-2H3. The molecule has 2 aliphatic carbocycles. The van der Waals surface area contributed by atoms with Crippen LogP contribution in [0.15, 0.2) is 18.2 Å². The van der Waals surface area contributed by atoms with E-state index >= 15 is 0 Å². The molecule has 1 aromatic carbocycles. The molecule has 2 aliphatic rings. The normalized spacial score (nSPS) is 29.9. The summed E-state index contributed by atoms with van der Waals surface area (Å²) in [5.41, 5.74) is 2.50. The average molecular weight is 292 g/mol. The fourth-order valence-corrected chi connectivity index (χ4v) is 4.73. The van der Waals surface area contributed by atoms with Crippen LogP contribution in [0.3, 0.4) is 0 Å². The van der Waals surface area contributed by atoms with E-state index in [1.807, 2.05) is 0 Å². The van der Waals surface area contributed by atoms with Crippen molar-refractivity contribution in [2.75, 3.05) is 6.54 Å². The van der Waals surface area contributed by atoms with Crippen molar-refractivity contribution in [2.45, 2.75) is 52.0 Å². The van der Waals surface area contributed by atoms with E-state index in [0.29, 0.717) is 6.04 Å². The Morgan fingerprint density at radius 2 is 2.15 bits per heavy atom. The predicted molar refractivity (Wildman–Crippen MR) is 86.2 cm³/mol. The van der Waals surface area contributed by atoms with E-state index < -0.39 is 0 Å². The second kappa shape index (κ2) is 6.07. The van der Waals surface area contributed by atoms with Crippen LogP contribution in [0, 0.1) is 24.7 Å². The van der Waals surface area contributed by atoms with Gasteiger partial charge in [0.15, 0.2) is 0 Å². The van der Waals surface area contributed by atoms with E-state index in [9.17, 15) is 0 Å². The highest BCUT2D eigenvalue weighted by molar-refractivity contribution is 6.32. The summed E-state index contributed by atoms with van der Waals surface area (Å²) in [6.07, 6.45) is 7.16. The highest BCUT2D eigenvalue weighted by Crippen LogP contribution is 2.51. The Balaban J connectivity index is 1.77. The lowest BCUT2D eigenvalue weighted by Crippen LogP contribution is -2.25. The lowest BCUT2D eigenvalue weighted by atomic mass is 9.82. The number of hydrogen-bond donors (Lipinski definition) is 1. The van der Waals surface area contributed by atoms with Crippen molar-refractivity contribution in [2.24, 2.45) is 17.8 Å². The van der Waals surface area contributed by atoms with Crippen LogP contribution in [0.4, 0.5) is 0 Å². The van der Waals surface area contributed by atoms with Gasteiger partial charge in [0.05, 0.1) is 0 Å². The third-order valence-corrected chi connectivity index (χ3v) is 5.99. The van der Waals surface area contributed by atoms with E-state index in [4.69, 9.17) is 11.6 Å². The summed E-state index contributed by atoms with van der Waals surface area (Å²) in [4.78, 5) is 0. The highest BCUT2D eigenvalue weighted by atomic mass is 35.5. The molecule has 20 heavy (non-hydrogen) atoms. The molecule has 2 saturated carbocycles. The van der Waals surface area contributed by atoms with E-state index in [0.717, 1.165) is 29.3 Å². The summed E-state index contributed by atoms with van der Waals surface area (Å²) >= 11 is 6.55. The van der Waals surface area contributed by atoms with E-state index in [1.54, 1.807) is 0 Å². The van der Waals surface area contributed by atoms with Gasteiger partial charge in [-0.05, 0) is 68.0 Å². The first-order valence-corrected chi connectivity index (χ1v) is 8.55. The fourth-order valence-electron chi connectivity index (χ4n) is 4.47. The van der Waals surface area contributed by atoms with Crippen LogP contribution in [0.1, 0.15) is 56.2 Å². The van der Waals surface area contributed by atoms with E-state index in [1.165, 1.54) is 43.2 Å². The van der Waals surface area contributed by atoms with Gasteiger partial charge < -0.3 is 5.32 Å². The van der Waals surface area contributed by atoms with Gasteiger partial charge >= 0.3 is 0 Å². The van der Waals surface area contributed by atoms with Gasteiger partial charge in [-0.1, -0.05) is 43.1 Å². The minimum Gasteiger partial charge on any atom is -0.310 e. The molecule has 0 heterocycles.